The lowest BCUT2D eigenvalue weighted by molar-refractivity contribution is -0.123. The topological polar surface area (TPSA) is 44.8 Å². The number of amides is 1. The molecule has 138 valence electrons. The van der Waals surface area contributed by atoms with Gasteiger partial charge in [0.05, 0.1) is 12.6 Å². The lowest BCUT2D eigenvalue weighted by Crippen LogP contribution is -2.49. The lowest BCUT2D eigenvalue weighted by atomic mass is 10.2. The molecule has 2 aliphatic heterocycles. The molecule has 0 spiro atoms. The van der Waals surface area contributed by atoms with Gasteiger partial charge in [-0.15, -0.1) is 0 Å². The van der Waals surface area contributed by atoms with Crippen molar-refractivity contribution in [3.05, 3.63) is 34.6 Å². The van der Waals surface area contributed by atoms with Crippen LogP contribution in [0.15, 0.2) is 18.2 Å². The van der Waals surface area contributed by atoms with E-state index in [2.05, 4.69) is 15.1 Å². The predicted octanol–water partition coefficient (Wildman–Crippen LogP) is 1.89. The first-order valence-corrected chi connectivity index (χ1v) is 9.25. The van der Waals surface area contributed by atoms with E-state index in [-0.39, 0.29) is 17.8 Å². The van der Waals surface area contributed by atoms with Crippen LogP contribution in [0, 0.1) is 5.82 Å². The molecule has 1 atom stereocenters. The summed E-state index contributed by atoms with van der Waals surface area (Å²) < 4.78 is 18.6. The normalized spacial score (nSPS) is 22.2. The molecule has 2 fully saturated rings. The summed E-state index contributed by atoms with van der Waals surface area (Å²) in [5, 5.41) is 3.43. The molecule has 2 aliphatic rings. The number of carbonyl (C=O) groups is 1. The van der Waals surface area contributed by atoms with Gasteiger partial charge >= 0.3 is 0 Å². The number of benzene rings is 1. The molecule has 1 N–H and O–H groups in total. The van der Waals surface area contributed by atoms with Gasteiger partial charge < -0.3 is 10.1 Å². The summed E-state index contributed by atoms with van der Waals surface area (Å²) in [7, 11) is 0. The molecule has 1 aromatic carbocycles. The molecule has 0 bridgehead atoms. The van der Waals surface area contributed by atoms with Gasteiger partial charge in [-0.3, -0.25) is 14.6 Å². The molecule has 0 unspecified atom stereocenters. The lowest BCUT2D eigenvalue weighted by Gasteiger charge is -2.34. The van der Waals surface area contributed by atoms with Crippen LogP contribution in [0.3, 0.4) is 0 Å². The van der Waals surface area contributed by atoms with E-state index < -0.39 is 0 Å². The molecule has 1 aromatic rings. The van der Waals surface area contributed by atoms with Crippen LogP contribution in [-0.2, 0) is 16.1 Å². The Bertz CT molecular complexity index is 588. The molecule has 7 heteroatoms. The van der Waals surface area contributed by atoms with Crippen molar-refractivity contribution < 1.29 is 13.9 Å². The van der Waals surface area contributed by atoms with Crippen LogP contribution in [0.25, 0.3) is 0 Å². The fourth-order valence-electron chi connectivity index (χ4n) is 3.29. The Labute approximate surface area is 153 Å². The third-order valence-electron chi connectivity index (χ3n) is 4.79. The first kappa shape index (κ1) is 18.6. The van der Waals surface area contributed by atoms with E-state index >= 15 is 0 Å². The highest BCUT2D eigenvalue weighted by Crippen LogP contribution is 2.19. The predicted molar refractivity (Wildman–Crippen MR) is 95.1 cm³/mol. The highest BCUT2D eigenvalue weighted by atomic mass is 35.5. The highest BCUT2D eigenvalue weighted by molar-refractivity contribution is 6.31. The van der Waals surface area contributed by atoms with E-state index in [1.165, 1.54) is 12.1 Å². The first-order chi connectivity index (χ1) is 12.1. The Morgan fingerprint density at radius 3 is 2.72 bits per heavy atom. The average Bonchev–Trinajstić information content (AvgIpc) is 3.11. The molecule has 1 amide bonds. The molecular formula is C18H25ClFN3O2. The SMILES string of the molecule is O=C(CN1CCN(Cc2ccc(F)cc2Cl)CC1)NC[C@@H]1CCCO1. The molecule has 0 radical (unpaired) electrons. The van der Waals surface area contributed by atoms with Gasteiger partial charge in [0.2, 0.25) is 5.91 Å². The maximum Gasteiger partial charge on any atom is 0.234 e. The van der Waals surface area contributed by atoms with Gasteiger partial charge in [0.1, 0.15) is 5.82 Å². The number of ether oxygens (including phenoxy) is 1. The first-order valence-electron chi connectivity index (χ1n) is 8.87. The number of nitrogens with zero attached hydrogens (tertiary/aromatic N) is 2. The Balaban J connectivity index is 1.37. The second-order valence-corrected chi connectivity index (χ2v) is 7.13. The van der Waals surface area contributed by atoms with Crippen molar-refractivity contribution in [1.29, 1.82) is 0 Å². The zero-order valence-corrected chi connectivity index (χ0v) is 15.1. The van der Waals surface area contributed by atoms with Crippen LogP contribution in [0.1, 0.15) is 18.4 Å². The minimum Gasteiger partial charge on any atom is -0.376 e. The number of piperazine rings is 1. The molecule has 0 aliphatic carbocycles. The number of hydrogen-bond donors (Lipinski definition) is 1. The fourth-order valence-corrected chi connectivity index (χ4v) is 3.52. The number of hydrogen-bond acceptors (Lipinski definition) is 4. The fraction of sp³-hybridized carbons (Fsp3) is 0.611. The van der Waals surface area contributed by atoms with Gasteiger partial charge in [0, 0.05) is 50.9 Å². The number of rotatable bonds is 6. The van der Waals surface area contributed by atoms with Crippen LogP contribution in [0.5, 0.6) is 0 Å². The van der Waals surface area contributed by atoms with E-state index in [1.807, 2.05) is 0 Å². The van der Waals surface area contributed by atoms with E-state index in [9.17, 15) is 9.18 Å². The van der Waals surface area contributed by atoms with Gasteiger partial charge in [-0.1, -0.05) is 17.7 Å². The van der Waals surface area contributed by atoms with Gasteiger partial charge in [-0.25, -0.2) is 4.39 Å². The minimum atomic E-state index is -0.312. The quantitative estimate of drug-likeness (QED) is 0.831. The highest BCUT2D eigenvalue weighted by Gasteiger charge is 2.21. The molecule has 5 nitrogen and oxygen atoms in total. The smallest absolute Gasteiger partial charge is 0.234 e. The van der Waals surface area contributed by atoms with Crippen LogP contribution < -0.4 is 5.32 Å². The summed E-state index contributed by atoms with van der Waals surface area (Å²) >= 11 is 6.09. The van der Waals surface area contributed by atoms with E-state index in [4.69, 9.17) is 16.3 Å². The van der Waals surface area contributed by atoms with Crippen molar-refractivity contribution in [2.24, 2.45) is 0 Å². The number of halogens is 2. The van der Waals surface area contributed by atoms with Crippen molar-refractivity contribution in [3.63, 3.8) is 0 Å². The van der Waals surface area contributed by atoms with E-state index in [0.717, 1.165) is 51.2 Å². The zero-order valence-electron chi connectivity index (χ0n) is 14.3. The summed E-state index contributed by atoms with van der Waals surface area (Å²) in [5.74, 6) is -0.252. The maximum atomic E-state index is 13.1. The third kappa shape index (κ3) is 5.64. The van der Waals surface area contributed by atoms with Gasteiger partial charge in [0.25, 0.3) is 0 Å². The van der Waals surface area contributed by atoms with Gasteiger partial charge in [-0.2, -0.15) is 0 Å². The van der Waals surface area contributed by atoms with E-state index in [0.29, 0.717) is 24.7 Å². The van der Waals surface area contributed by atoms with Crippen molar-refractivity contribution in [2.75, 3.05) is 45.9 Å². The standard InChI is InChI=1S/C18H25ClFN3O2/c19-17-10-15(20)4-3-14(17)12-22-5-7-23(8-6-22)13-18(24)21-11-16-2-1-9-25-16/h3-4,10,16H,1-2,5-9,11-13H2,(H,21,24)/t16-/m0/s1. The van der Waals surface area contributed by atoms with Gasteiger partial charge in [0.15, 0.2) is 0 Å². The molecule has 2 saturated heterocycles. The van der Waals surface area contributed by atoms with Crippen LogP contribution in [0.4, 0.5) is 4.39 Å². The van der Waals surface area contributed by atoms with Crippen molar-refractivity contribution in [2.45, 2.75) is 25.5 Å². The molecule has 3 rings (SSSR count). The third-order valence-corrected chi connectivity index (χ3v) is 5.14. The van der Waals surface area contributed by atoms with Crippen LogP contribution >= 0.6 is 11.6 Å². The summed E-state index contributed by atoms with van der Waals surface area (Å²) in [6, 6.07) is 4.53. The summed E-state index contributed by atoms with van der Waals surface area (Å²) in [5.41, 5.74) is 0.936. The Kier molecular flexibility index (Phi) is 6.64. The molecular weight excluding hydrogens is 345 g/mol. The van der Waals surface area contributed by atoms with Crippen LogP contribution in [-0.4, -0.2) is 67.7 Å². The summed E-state index contributed by atoms with van der Waals surface area (Å²) in [4.78, 5) is 16.5. The largest absolute Gasteiger partial charge is 0.376 e. The molecule has 0 saturated carbocycles. The number of carbonyl (C=O) groups excluding carboxylic acids is 1. The monoisotopic (exact) mass is 369 g/mol. The zero-order chi connectivity index (χ0) is 17.6. The molecule has 0 aromatic heterocycles. The Morgan fingerprint density at radius 1 is 1.28 bits per heavy atom. The minimum absolute atomic E-state index is 0.0607. The van der Waals surface area contributed by atoms with E-state index in [1.54, 1.807) is 6.07 Å². The maximum absolute atomic E-state index is 13.1. The van der Waals surface area contributed by atoms with Crippen molar-refractivity contribution in [3.8, 4) is 0 Å². The summed E-state index contributed by atoms with van der Waals surface area (Å²) in [6.45, 7) is 5.97. The van der Waals surface area contributed by atoms with Crippen molar-refractivity contribution >= 4 is 17.5 Å². The second kappa shape index (κ2) is 8.94. The summed E-state index contributed by atoms with van der Waals surface area (Å²) in [6.07, 6.45) is 2.30. The second-order valence-electron chi connectivity index (χ2n) is 6.73. The number of nitrogens with one attached hydrogen (secondary N) is 1. The Hall–Kier alpha value is -1.21. The molecule has 25 heavy (non-hydrogen) atoms. The van der Waals surface area contributed by atoms with Crippen molar-refractivity contribution in [1.82, 2.24) is 15.1 Å². The average molecular weight is 370 g/mol. The Morgan fingerprint density at radius 2 is 2.04 bits per heavy atom. The molecule has 2 heterocycles. The van der Waals surface area contributed by atoms with Gasteiger partial charge in [-0.05, 0) is 30.5 Å². The van der Waals surface area contributed by atoms with Crippen LogP contribution in [0.2, 0.25) is 5.02 Å².